The fraction of sp³-hybridized carbons (Fsp3) is 0.227. The maximum absolute atomic E-state index is 12.7. The van der Waals surface area contributed by atoms with Crippen molar-refractivity contribution in [1.29, 1.82) is 0 Å². The summed E-state index contributed by atoms with van der Waals surface area (Å²) in [6, 6.07) is 15.9. The van der Waals surface area contributed by atoms with Gasteiger partial charge in [-0.3, -0.25) is 4.79 Å². The van der Waals surface area contributed by atoms with E-state index in [1.807, 2.05) is 48.7 Å². The van der Waals surface area contributed by atoms with Gasteiger partial charge < -0.3 is 14.6 Å². The van der Waals surface area contributed by atoms with E-state index in [0.717, 1.165) is 28.4 Å². The Bertz CT molecular complexity index is 1150. The van der Waals surface area contributed by atoms with Crippen LogP contribution in [0.3, 0.4) is 0 Å². The number of nitrogens with zero attached hydrogens (tertiary/aromatic N) is 1. The van der Waals surface area contributed by atoms with Crippen molar-refractivity contribution in [1.82, 2.24) is 9.88 Å². The van der Waals surface area contributed by atoms with E-state index in [1.54, 1.807) is 19.2 Å². The first-order chi connectivity index (χ1) is 14.2. The molecule has 0 bridgehead atoms. The smallest absolute Gasteiger partial charge is 0.253 e. The average Bonchev–Trinajstić information content (AvgIpc) is 3.02. The van der Waals surface area contributed by atoms with Gasteiger partial charge in [0.2, 0.25) is 10.0 Å². The average molecular weight is 428 g/mol. The van der Waals surface area contributed by atoms with E-state index in [1.165, 1.54) is 12.1 Å². The SMILES string of the molecule is COc1ccc(-n2c(C)cc(C(=O)NCCc3ccc(S(N)(=O)=O)cc3)c2C)cc1. The van der Waals surface area contributed by atoms with E-state index in [-0.39, 0.29) is 10.8 Å². The second-order valence-electron chi connectivity index (χ2n) is 7.01. The lowest BCUT2D eigenvalue weighted by atomic mass is 10.1. The van der Waals surface area contributed by atoms with Crippen molar-refractivity contribution in [3.05, 3.63) is 77.1 Å². The molecule has 1 aromatic heterocycles. The van der Waals surface area contributed by atoms with Crippen molar-refractivity contribution in [3.63, 3.8) is 0 Å². The molecule has 3 aromatic rings. The summed E-state index contributed by atoms with van der Waals surface area (Å²) in [6.07, 6.45) is 0.577. The number of hydrogen-bond acceptors (Lipinski definition) is 4. The maximum Gasteiger partial charge on any atom is 0.253 e. The standard InChI is InChI=1S/C22H25N3O4S/c1-15-14-21(16(2)25(15)18-6-8-19(29-3)9-7-18)22(26)24-13-12-17-4-10-20(11-5-17)30(23,27)28/h4-11,14H,12-13H2,1-3H3,(H,24,26)(H2,23,27,28). The number of rotatable bonds is 7. The third-order valence-corrected chi connectivity index (χ3v) is 5.89. The zero-order valence-electron chi connectivity index (χ0n) is 17.2. The van der Waals surface area contributed by atoms with Gasteiger partial charge in [0.15, 0.2) is 0 Å². The van der Waals surface area contributed by atoms with E-state index in [0.29, 0.717) is 18.5 Å². The van der Waals surface area contributed by atoms with Crippen molar-refractivity contribution in [3.8, 4) is 11.4 Å². The number of nitrogens with one attached hydrogen (secondary N) is 1. The van der Waals surface area contributed by atoms with Crippen molar-refractivity contribution in [2.45, 2.75) is 25.2 Å². The molecule has 158 valence electrons. The van der Waals surface area contributed by atoms with Gasteiger partial charge in [0.25, 0.3) is 5.91 Å². The van der Waals surface area contributed by atoms with Crippen molar-refractivity contribution >= 4 is 15.9 Å². The number of amides is 1. The molecular weight excluding hydrogens is 402 g/mol. The number of methoxy groups -OCH3 is 1. The lowest BCUT2D eigenvalue weighted by Crippen LogP contribution is -2.26. The Balaban J connectivity index is 1.67. The summed E-state index contributed by atoms with van der Waals surface area (Å²) in [5, 5.41) is 8.03. The highest BCUT2D eigenvalue weighted by molar-refractivity contribution is 7.89. The number of sulfonamides is 1. The molecule has 0 radical (unpaired) electrons. The summed E-state index contributed by atoms with van der Waals surface area (Å²) in [5.41, 5.74) is 4.30. The van der Waals surface area contributed by atoms with Crippen LogP contribution in [-0.4, -0.2) is 32.5 Å². The molecule has 30 heavy (non-hydrogen) atoms. The number of aromatic nitrogens is 1. The molecule has 0 fully saturated rings. The minimum atomic E-state index is -3.70. The monoisotopic (exact) mass is 427 g/mol. The highest BCUT2D eigenvalue weighted by atomic mass is 32.2. The van der Waals surface area contributed by atoms with E-state index in [2.05, 4.69) is 5.32 Å². The summed E-state index contributed by atoms with van der Waals surface area (Å²) in [7, 11) is -2.08. The Morgan fingerprint density at radius 2 is 1.70 bits per heavy atom. The van der Waals surface area contributed by atoms with Gasteiger partial charge in [0.1, 0.15) is 5.75 Å². The quantitative estimate of drug-likeness (QED) is 0.605. The van der Waals surface area contributed by atoms with Crippen LogP contribution >= 0.6 is 0 Å². The molecule has 0 saturated carbocycles. The fourth-order valence-electron chi connectivity index (χ4n) is 3.38. The number of nitrogens with two attached hydrogens (primary N) is 1. The zero-order valence-corrected chi connectivity index (χ0v) is 18.0. The van der Waals surface area contributed by atoms with Gasteiger partial charge in [0.05, 0.1) is 17.6 Å². The van der Waals surface area contributed by atoms with Gasteiger partial charge in [-0.15, -0.1) is 0 Å². The minimum Gasteiger partial charge on any atom is -0.497 e. The second kappa shape index (κ2) is 8.73. The van der Waals surface area contributed by atoms with E-state index in [9.17, 15) is 13.2 Å². The van der Waals surface area contributed by atoms with Crippen molar-refractivity contribution < 1.29 is 17.9 Å². The van der Waals surface area contributed by atoms with E-state index < -0.39 is 10.0 Å². The van der Waals surface area contributed by atoms with Crippen LogP contribution < -0.4 is 15.2 Å². The van der Waals surface area contributed by atoms with Crippen LogP contribution in [0.2, 0.25) is 0 Å². The molecule has 7 nitrogen and oxygen atoms in total. The number of carbonyl (C=O) groups is 1. The summed E-state index contributed by atoms with van der Waals surface area (Å²) < 4.78 is 29.9. The van der Waals surface area contributed by atoms with Crippen LogP contribution in [-0.2, 0) is 16.4 Å². The molecule has 1 amide bonds. The highest BCUT2D eigenvalue weighted by Crippen LogP contribution is 2.22. The molecule has 3 N–H and O–H groups in total. The third-order valence-electron chi connectivity index (χ3n) is 4.96. The third kappa shape index (κ3) is 4.72. The first kappa shape index (κ1) is 21.6. The lowest BCUT2D eigenvalue weighted by Gasteiger charge is -2.11. The van der Waals surface area contributed by atoms with Gasteiger partial charge in [-0.05, 0) is 68.3 Å². The number of carbonyl (C=O) groups excluding carboxylic acids is 1. The lowest BCUT2D eigenvalue weighted by molar-refractivity contribution is 0.0953. The largest absolute Gasteiger partial charge is 0.497 e. The fourth-order valence-corrected chi connectivity index (χ4v) is 3.90. The molecule has 8 heteroatoms. The number of benzene rings is 2. The molecule has 0 unspecified atom stereocenters. The predicted octanol–water partition coefficient (Wildman–Crippen LogP) is 2.72. The van der Waals surface area contributed by atoms with Crippen LogP contribution in [0.15, 0.2) is 59.5 Å². The van der Waals surface area contributed by atoms with Gasteiger partial charge >= 0.3 is 0 Å². The maximum atomic E-state index is 12.7. The number of primary sulfonamides is 1. The summed E-state index contributed by atoms with van der Waals surface area (Å²) >= 11 is 0. The van der Waals surface area contributed by atoms with Crippen LogP contribution in [0.4, 0.5) is 0 Å². The van der Waals surface area contributed by atoms with Gasteiger partial charge in [-0.25, -0.2) is 13.6 Å². The molecule has 0 spiro atoms. The molecule has 1 heterocycles. The first-order valence-electron chi connectivity index (χ1n) is 9.44. The second-order valence-corrected chi connectivity index (χ2v) is 8.57. The van der Waals surface area contributed by atoms with E-state index >= 15 is 0 Å². The van der Waals surface area contributed by atoms with Crippen molar-refractivity contribution in [2.24, 2.45) is 5.14 Å². The van der Waals surface area contributed by atoms with Crippen LogP contribution in [0, 0.1) is 13.8 Å². The minimum absolute atomic E-state index is 0.0706. The summed E-state index contributed by atoms with van der Waals surface area (Å²) in [4.78, 5) is 12.8. The number of ether oxygens (including phenoxy) is 1. The summed E-state index contributed by atoms with van der Waals surface area (Å²) in [5.74, 6) is 0.625. The van der Waals surface area contributed by atoms with Crippen LogP contribution in [0.5, 0.6) is 5.75 Å². The molecule has 3 rings (SSSR count). The normalized spacial score (nSPS) is 11.3. The first-order valence-corrected chi connectivity index (χ1v) is 11.0. The molecule has 0 aliphatic rings. The number of hydrogen-bond donors (Lipinski definition) is 2. The number of aryl methyl sites for hydroxylation is 1. The van der Waals surface area contributed by atoms with E-state index in [4.69, 9.17) is 9.88 Å². The molecule has 0 atom stereocenters. The molecule has 0 aliphatic carbocycles. The predicted molar refractivity (Wildman–Crippen MR) is 116 cm³/mol. The molecular formula is C22H25N3O4S. The van der Waals surface area contributed by atoms with Crippen LogP contribution in [0.25, 0.3) is 5.69 Å². The Hall–Kier alpha value is -3.10. The molecule has 0 saturated heterocycles. The van der Waals surface area contributed by atoms with Crippen LogP contribution in [0.1, 0.15) is 27.3 Å². The molecule has 0 aliphatic heterocycles. The Morgan fingerprint density at radius 3 is 2.27 bits per heavy atom. The van der Waals surface area contributed by atoms with Crippen molar-refractivity contribution in [2.75, 3.05) is 13.7 Å². The topological polar surface area (TPSA) is 103 Å². The Morgan fingerprint density at radius 1 is 1.07 bits per heavy atom. The molecule has 2 aromatic carbocycles. The van der Waals surface area contributed by atoms with Gasteiger partial charge in [0, 0.05) is 23.6 Å². The Kier molecular flexibility index (Phi) is 6.28. The summed E-state index contributed by atoms with van der Waals surface area (Å²) in [6.45, 7) is 4.30. The highest BCUT2D eigenvalue weighted by Gasteiger charge is 2.16. The Labute approximate surface area is 176 Å². The van der Waals surface area contributed by atoms with Gasteiger partial charge in [-0.1, -0.05) is 12.1 Å². The van der Waals surface area contributed by atoms with Gasteiger partial charge in [-0.2, -0.15) is 0 Å². The zero-order chi connectivity index (χ0) is 21.9.